The van der Waals surface area contributed by atoms with Crippen molar-refractivity contribution in [2.75, 3.05) is 11.4 Å². The predicted octanol–water partition coefficient (Wildman–Crippen LogP) is 3.92. The molecule has 102 valence electrons. The monoisotopic (exact) mass is 283 g/mol. The Labute approximate surface area is 124 Å². The summed E-state index contributed by atoms with van der Waals surface area (Å²) in [6.07, 6.45) is 4.42. The lowest BCUT2D eigenvalue weighted by atomic mass is 10.3. The Balaban J connectivity index is 2.01. The van der Waals surface area contributed by atoms with E-state index >= 15 is 0 Å². The summed E-state index contributed by atoms with van der Waals surface area (Å²) in [7, 11) is 0. The lowest BCUT2D eigenvalue weighted by Crippen LogP contribution is -2.35. The maximum atomic E-state index is 2.38. The summed E-state index contributed by atoms with van der Waals surface area (Å²) in [6.45, 7) is 6.37. The number of para-hydroxylation sites is 1. The van der Waals surface area contributed by atoms with E-state index < -0.39 is 0 Å². The standard InChI is InChI=1S/C17H19N2S/c1-3-18-12-8-7-9-14(18)13-17-19(4-2)15-10-5-6-11-16(15)20-17/h5-13H,3-4H2,1-2H3/q+1. The van der Waals surface area contributed by atoms with E-state index in [2.05, 4.69) is 78.1 Å². The largest absolute Gasteiger partial charge is 0.335 e. The van der Waals surface area contributed by atoms with Gasteiger partial charge in [-0.05, 0) is 32.0 Å². The first-order chi connectivity index (χ1) is 9.83. The van der Waals surface area contributed by atoms with Gasteiger partial charge in [0.2, 0.25) is 5.69 Å². The van der Waals surface area contributed by atoms with E-state index in [1.165, 1.54) is 21.3 Å². The van der Waals surface area contributed by atoms with Crippen molar-refractivity contribution >= 4 is 23.5 Å². The molecule has 2 heterocycles. The second-order valence-electron chi connectivity index (χ2n) is 4.71. The average Bonchev–Trinajstić information content (AvgIpc) is 2.85. The Hall–Kier alpha value is -1.74. The number of rotatable bonds is 3. The highest BCUT2D eigenvalue weighted by molar-refractivity contribution is 8.03. The van der Waals surface area contributed by atoms with Gasteiger partial charge in [-0.3, -0.25) is 0 Å². The van der Waals surface area contributed by atoms with Crippen molar-refractivity contribution in [3.05, 3.63) is 59.4 Å². The molecule has 2 nitrogen and oxygen atoms in total. The summed E-state index contributed by atoms with van der Waals surface area (Å²) >= 11 is 1.86. The number of anilines is 1. The first kappa shape index (κ1) is 13.3. The maximum absolute atomic E-state index is 2.38. The lowest BCUT2D eigenvalue weighted by Gasteiger charge is -2.17. The van der Waals surface area contributed by atoms with Crippen LogP contribution >= 0.6 is 11.8 Å². The number of thioether (sulfide) groups is 1. The Bertz CT molecular complexity index is 649. The van der Waals surface area contributed by atoms with Crippen LogP contribution in [-0.4, -0.2) is 6.54 Å². The number of aryl methyl sites for hydroxylation is 1. The van der Waals surface area contributed by atoms with Crippen LogP contribution in [0.3, 0.4) is 0 Å². The van der Waals surface area contributed by atoms with Gasteiger partial charge in [-0.2, -0.15) is 4.57 Å². The maximum Gasteiger partial charge on any atom is 0.207 e. The topological polar surface area (TPSA) is 7.12 Å². The van der Waals surface area contributed by atoms with Crippen LogP contribution in [0.15, 0.2) is 58.6 Å². The van der Waals surface area contributed by atoms with Crippen LogP contribution in [0.5, 0.6) is 0 Å². The van der Waals surface area contributed by atoms with Crippen LogP contribution in [0.1, 0.15) is 19.5 Å². The van der Waals surface area contributed by atoms with Crippen LogP contribution in [-0.2, 0) is 6.54 Å². The smallest absolute Gasteiger partial charge is 0.207 e. The third kappa shape index (κ3) is 2.34. The van der Waals surface area contributed by atoms with Gasteiger partial charge in [0, 0.05) is 29.6 Å². The second-order valence-corrected chi connectivity index (χ2v) is 5.77. The SMILES string of the molecule is CCN1/C(=C/c2cccc[n+]2CC)Sc2ccccc21. The van der Waals surface area contributed by atoms with E-state index in [1.54, 1.807) is 0 Å². The molecule has 0 spiro atoms. The first-order valence-corrected chi connectivity index (χ1v) is 7.89. The van der Waals surface area contributed by atoms with Crippen molar-refractivity contribution in [2.45, 2.75) is 25.3 Å². The summed E-state index contributed by atoms with van der Waals surface area (Å²) in [5, 5.41) is 1.31. The fraction of sp³-hybridized carbons (Fsp3) is 0.235. The third-order valence-corrected chi connectivity index (χ3v) is 4.65. The molecule has 1 aromatic heterocycles. The fourth-order valence-electron chi connectivity index (χ4n) is 2.52. The van der Waals surface area contributed by atoms with Crippen molar-refractivity contribution in [3.63, 3.8) is 0 Å². The van der Waals surface area contributed by atoms with Gasteiger partial charge in [0.25, 0.3) is 0 Å². The first-order valence-electron chi connectivity index (χ1n) is 7.08. The molecule has 2 aromatic rings. The summed E-state index contributed by atoms with van der Waals surface area (Å²) in [6, 6.07) is 15.0. The Kier molecular flexibility index (Phi) is 3.79. The van der Waals surface area contributed by atoms with Crippen molar-refractivity contribution in [1.29, 1.82) is 0 Å². The van der Waals surface area contributed by atoms with E-state index in [0.29, 0.717) is 0 Å². The Morgan fingerprint density at radius 2 is 1.90 bits per heavy atom. The number of benzene rings is 1. The molecular weight excluding hydrogens is 264 g/mol. The molecule has 1 aliphatic heterocycles. The molecule has 3 rings (SSSR count). The number of aromatic nitrogens is 1. The molecule has 0 saturated carbocycles. The molecule has 0 aliphatic carbocycles. The highest BCUT2D eigenvalue weighted by Crippen LogP contribution is 2.45. The summed E-state index contributed by atoms with van der Waals surface area (Å²) in [5.74, 6) is 0. The van der Waals surface area contributed by atoms with Gasteiger partial charge < -0.3 is 4.90 Å². The van der Waals surface area contributed by atoms with Gasteiger partial charge in [0.15, 0.2) is 6.20 Å². The number of hydrogen-bond acceptors (Lipinski definition) is 2. The lowest BCUT2D eigenvalue weighted by molar-refractivity contribution is -0.695. The molecule has 0 bridgehead atoms. The molecule has 0 N–H and O–H groups in total. The zero-order valence-electron chi connectivity index (χ0n) is 11.9. The third-order valence-electron chi connectivity index (χ3n) is 3.54. The minimum Gasteiger partial charge on any atom is -0.335 e. The van der Waals surface area contributed by atoms with E-state index in [-0.39, 0.29) is 0 Å². The molecule has 1 aromatic carbocycles. The molecule has 20 heavy (non-hydrogen) atoms. The van der Waals surface area contributed by atoms with Crippen LogP contribution < -0.4 is 9.47 Å². The minimum absolute atomic E-state index is 0.990. The van der Waals surface area contributed by atoms with Crippen molar-refractivity contribution in [1.82, 2.24) is 0 Å². The zero-order valence-corrected chi connectivity index (χ0v) is 12.7. The number of nitrogens with zero attached hydrogens (tertiary/aromatic N) is 2. The van der Waals surface area contributed by atoms with E-state index in [0.717, 1.165) is 13.1 Å². The number of hydrogen-bond donors (Lipinski definition) is 0. The number of fused-ring (bicyclic) bond motifs is 1. The van der Waals surface area contributed by atoms with E-state index in [4.69, 9.17) is 0 Å². The summed E-state index contributed by atoms with van der Waals surface area (Å²) in [5.41, 5.74) is 2.58. The molecule has 0 radical (unpaired) electrons. The van der Waals surface area contributed by atoms with Crippen molar-refractivity contribution in [3.8, 4) is 0 Å². The molecule has 1 aliphatic rings. The summed E-state index contributed by atoms with van der Waals surface area (Å²) < 4.78 is 2.27. The van der Waals surface area contributed by atoms with Gasteiger partial charge >= 0.3 is 0 Å². The van der Waals surface area contributed by atoms with Gasteiger partial charge in [-0.15, -0.1) is 0 Å². The van der Waals surface area contributed by atoms with Gasteiger partial charge in [-0.25, -0.2) is 0 Å². The molecule has 0 unspecified atom stereocenters. The highest BCUT2D eigenvalue weighted by Gasteiger charge is 2.24. The van der Waals surface area contributed by atoms with Gasteiger partial charge in [-0.1, -0.05) is 23.9 Å². The second kappa shape index (κ2) is 5.71. The van der Waals surface area contributed by atoms with Crippen LogP contribution in [0.2, 0.25) is 0 Å². The number of pyridine rings is 1. The minimum atomic E-state index is 0.990. The van der Waals surface area contributed by atoms with Gasteiger partial charge in [0.05, 0.1) is 10.7 Å². The van der Waals surface area contributed by atoms with E-state index in [1.807, 2.05) is 11.8 Å². The summed E-state index contributed by atoms with van der Waals surface area (Å²) in [4.78, 5) is 3.73. The molecular formula is C17H19N2S+. The quantitative estimate of drug-likeness (QED) is 0.788. The van der Waals surface area contributed by atoms with Crippen molar-refractivity contribution in [2.24, 2.45) is 0 Å². The Morgan fingerprint density at radius 1 is 1.10 bits per heavy atom. The fourth-order valence-corrected chi connectivity index (χ4v) is 3.69. The normalized spacial score (nSPS) is 15.7. The van der Waals surface area contributed by atoms with Crippen LogP contribution in [0.4, 0.5) is 5.69 Å². The Morgan fingerprint density at radius 3 is 2.70 bits per heavy atom. The zero-order chi connectivity index (χ0) is 13.9. The van der Waals surface area contributed by atoms with E-state index in [9.17, 15) is 0 Å². The van der Waals surface area contributed by atoms with Crippen LogP contribution in [0, 0.1) is 0 Å². The molecule has 0 amide bonds. The van der Waals surface area contributed by atoms with Gasteiger partial charge in [0.1, 0.15) is 6.54 Å². The molecule has 0 saturated heterocycles. The van der Waals surface area contributed by atoms with Crippen LogP contribution in [0.25, 0.3) is 6.08 Å². The van der Waals surface area contributed by atoms with Crippen molar-refractivity contribution < 1.29 is 4.57 Å². The molecule has 0 fully saturated rings. The average molecular weight is 283 g/mol. The highest BCUT2D eigenvalue weighted by atomic mass is 32.2. The molecule has 0 atom stereocenters. The predicted molar refractivity (Wildman–Crippen MR) is 85.6 cm³/mol. The molecule has 3 heteroatoms.